The Kier molecular flexibility index (Phi) is 2.89. The number of hydrogen-bond donors (Lipinski definition) is 3. The van der Waals surface area contributed by atoms with Crippen LogP contribution in [0, 0.1) is 5.41 Å². The fraction of sp³-hybridized carbons (Fsp3) is 0.500. The lowest BCUT2D eigenvalue weighted by Gasteiger charge is -2.18. The molecule has 72 valence electrons. The van der Waals surface area contributed by atoms with Crippen LogP contribution in [0.5, 0.6) is 0 Å². The van der Waals surface area contributed by atoms with Gasteiger partial charge < -0.3 is 15.8 Å². The highest BCUT2D eigenvalue weighted by atomic mass is 16.5. The van der Waals surface area contributed by atoms with Gasteiger partial charge in [-0.2, -0.15) is 0 Å². The molecule has 0 aliphatic carbocycles. The van der Waals surface area contributed by atoms with Crippen LogP contribution in [0.25, 0.3) is 0 Å². The smallest absolute Gasteiger partial charge is 0.358 e. The number of carbonyl (C=O) groups excluding carboxylic acids is 1. The van der Waals surface area contributed by atoms with E-state index in [-0.39, 0.29) is 5.71 Å². The zero-order valence-corrected chi connectivity index (χ0v) is 7.52. The summed E-state index contributed by atoms with van der Waals surface area (Å²) in [7, 11) is 1.25. The average molecular weight is 183 g/mol. The van der Waals surface area contributed by atoms with Crippen LogP contribution in [0.3, 0.4) is 0 Å². The van der Waals surface area contributed by atoms with Crippen LogP contribution in [0.1, 0.15) is 12.8 Å². The molecule has 1 aliphatic rings. The lowest BCUT2D eigenvalue weighted by Crippen LogP contribution is -2.33. The molecule has 0 aromatic carbocycles. The SMILES string of the molecule is COC(=O)C(=N)C1=C(N)CCCN1. The molecule has 1 aliphatic heterocycles. The van der Waals surface area contributed by atoms with Crippen molar-refractivity contribution < 1.29 is 9.53 Å². The number of methoxy groups -OCH3 is 1. The van der Waals surface area contributed by atoms with Crippen molar-refractivity contribution in [1.82, 2.24) is 5.32 Å². The lowest BCUT2D eigenvalue weighted by molar-refractivity contribution is -0.132. The van der Waals surface area contributed by atoms with Gasteiger partial charge in [0.25, 0.3) is 0 Å². The normalized spacial score (nSPS) is 16.4. The third-order valence-corrected chi connectivity index (χ3v) is 1.89. The van der Waals surface area contributed by atoms with Crippen molar-refractivity contribution in [3.63, 3.8) is 0 Å². The highest BCUT2D eigenvalue weighted by molar-refractivity contribution is 6.41. The molecule has 0 atom stereocenters. The maximum absolute atomic E-state index is 11.0. The number of ether oxygens (including phenoxy) is 1. The van der Waals surface area contributed by atoms with E-state index in [4.69, 9.17) is 11.1 Å². The van der Waals surface area contributed by atoms with Gasteiger partial charge in [-0.1, -0.05) is 0 Å². The Bertz CT molecular complexity index is 271. The molecule has 0 bridgehead atoms. The molecule has 0 radical (unpaired) electrons. The summed E-state index contributed by atoms with van der Waals surface area (Å²) in [5.41, 5.74) is 6.42. The predicted octanol–water partition coefficient (Wildman–Crippen LogP) is -0.267. The number of esters is 1. The van der Waals surface area contributed by atoms with Crippen molar-refractivity contribution in [2.45, 2.75) is 12.8 Å². The van der Waals surface area contributed by atoms with Crippen molar-refractivity contribution in [2.75, 3.05) is 13.7 Å². The molecule has 1 heterocycles. The highest BCUT2D eigenvalue weighted by Gasteiger charge is 2.19. The van der Waals surface area contributed by atoms with Crippen LogP contribution < -0.4 is 11.1 Å². The first-order valence-electron chi connectivity index (χ1n) is 4.06. The van der Waals surface area contributed by atoms with E-state index < -0.39 is 5.97 Å². The van der Waals surface area contributed by atoms with Crippen LogP contribution in [0.15, 0.2) is 11.4 Å². The van der Waals surface area contributed by atoms with Gasteiger partial charge in [0.05, 0.1) is 12.8 Å². The Balaban J connectivity index is 2.80. The van der Waals surface area contributed by atoms with Gasteiger partial charge in [-0.15, -0.1) is 0 Å². The van der Waals surface area contributed by atoms with Crippen LogP contribution in [0.2, 0.25) is 0 Å². The number of nitrogens with two attached hydrogens (primary N) is 1. The van der Waals surface area contributed by atoms with Gasteiger partial charge in [0.15, 0.2) is 5.71 Å². The Labute approximate surface area is 76.4 Å². The molecule has 0 spiro atoms. The summed E-state index contributed by atoms with van der Waals surface area (Å²) >= 11 is 0. The summed E-state index contributed by atoms with van der Waals surface area (Å²) in [6.07, 6.45) is 1.66. The molecule has 0 fully saturated rings. The van der Waals surface area contributed by atoms with E-state index >= 15 is 0 Å². The second-order valence-corrected chi connectivity index (χ2v) is 2.80. The first kappa shape index (κ1) is 9.57. The van der Waals surface area contributed by atoms with Crippen molar-refractivity contribution in [2.24, 2.45) is 5.73 Å². The van der Waals surface area contributed by atoms with Crippen molar-refractivity contribution in [1.29, 1.82) is 5.41 Å². The molecule has 0 aromatic rings. The van der Waals surface area contributed by atoms with Crippen LogP contribution >= 0.6 is 0 Å². The number of carbonyl (C=O) groups is 1. The van der Waals surface area contributed by atoms with Crippen LogP contribution in [-0.4, -0.2) is 25.3 Å². The molecule has 0 amide bonds. The Morgan fingerprint density at radius 1 is 1.69 bits per heavy atom. The van der Waals surface area contributed by atoms with Gasteiger partial charge in [-0.05, 0) is 12.8 Å². The number of nitrogens with one attached hydrogen (secondary N) is 2. The first-order chi connectivity index (χ1) is 6.16. The topological polar surface area (TPSA) is 88.2 Å². The van der Waals surface area contributed by atoms with E-state index in [0.29, 0.717) is 11.4 Å². The lowest BCUT2D eigenvalue weighted by atomic mass is 10.1. The summed E-state index contributed by atoms with van der Waals surface area (Å²) in [5.74, 6) is -0.660. The first-order valence-corrected chi connectivity index (χ1v) is 4.06. The van der Waals surface area contributed by atoms with Crippen molar-refractivity contribution in [3.05, 3.63) is 11.4 Å². The van der Waals surface area contributed by atoms with Crippen molar-refractivity contribution >= 4 is 11.7 Å². The van der Waals surface area contributed by atoms with Gasteiger partial charge in [0.1, 0.15) is 0 Å². The number of rotatable bonds is 2. The zero-order chi connectivity index (χ0) is 9.84. The molecule has 13 heavy (non-hydrogen) atoms. The summed E-state index contributed by atoms with van der Waals surface area (Å²) in [5, 5.41) is 10.4. The molecule has 5 nitrogen and oxygen atoms in total. The van der Waals surface area contributed by atoms with E-state index in [0.717, 1.165) is 19.4 Å². The summed E-state index contributed by atoms with van der Waals surface area (Å²) in [6.45, 7) is 0.745. The van der Waals surface area contributed by atoms with E-state index in [9.17, 15) is 4.79 Å². The van der Waals surface area contributed by atoms with E-state index in [1.807, 2.05) is 0 Å². The number of hydrogen-bond acceptors (Lipinski definition) is 5. The quantitative estimate of drug-likeness (QED) is 0.406. The summed E-state index contributed by atoms with van der Waals surface area (Å²) < 4.78 is 4.42. The van der Waals surface area contributed by atoms with Crippen LogP contribution in [0.4, 0.5) is 0 Å². The summed E-state index contributed by atoms with van der Waals surface area (Å²) in [6, 6.07) is 0. The van der Waals surface area contributed by atoms with E-state index in [1.165, 1.54) is 7.11 Å². The largest absolute Gasteiger partial charge is 0.464 e. The number of allylic oxidation sites excluding steroid dienone is 1. The molecular formula is C8H13N3O2. The standard InChI is InChI=1S/C8H13N3O2/c1-13-8(12)6(10)7-5(9)3-2-4-11-7/h10-11H,2-4,9H2,1H3. The Hall–Kier alpha value is -1.52. The van der Waals surface area contributed by atoms with Gasteiger partial charge in [-0.3, -0.25) is 5.41 Å². The van der Waals surface area contributed by atoms with E-state index in [1.54, 1.807) is 0 Å². The van der Waals surface area contributed by atoms with Gasteiger partial charge in [-0.25, -0.2) is 4.79 Å². The second-order valence-electron chi connectivity index (χ2n) is 2.80. The molecule has 0 aromatic heterocycles. The minimum atomic E-state index is -0.660. The molecule has 5 heteroatoms. The molecule has 1 rings (SSSR count). The predicted molar refractivity (Wildman–Crippen MR) is 48.2 cm³/mol. The molecule has 0 unspecified atom stereocenters. The maximum atomic E-state index is 11.0. The molecule has 4 N–H and O–H groups in total. The molecule has 0 saturated heterocycles. The van der Waals surface area contributed by atoms with Gasteiger partial charge in [0.2, 0.25) is 0 Å². The highest BCUT2D eigenvalue weighted by Crippen LogP contribution is 2.10. The third kappa shape index (κ3) is 1.99. The van der Waals surface area contributed by atoms with Crippen LogP contribution in [-0.2, 0) is 9.53 Å². The Morgan fingerprint density at radius 3 is 2.92 bits per heavy atom. The van der Waals surface area contributed by atoms with Crippen molar-refractivity contribution in [3.8, 4) is 0 Å². The fourth-order valence-corrected chi connectivity index (χ4v) is 1.18. The molecular weight excluding hydrogens is 170 g/mol. The summed E-state index contributed by atoms with van der Waals surface area (Å²) in [4.78, 5) is 11.0. The maximum Gasteiger partial charge on any atom is 0.358 e. The Morgan fingerprint density at radius 2 is 2.38 bits per heavy atom. The third-order valence-electron chi connectivity index (χ3n) is 1.89. The second kappa shape index (κ2) is 3.93. The van der Waals surface area contributed by atoms with Gasteiger partial charge in [0, 0.05) is 12.2 Å². The fourth-order valence-electron chi connectivity index (χ4n) is 1.18. The molecule has 0 saturated carbocycles. The van der Waals surface area contributed by atoms with Gasteiger partial charge >= 0.3 is 5.97 Å². The minimum absolute atomic E-state index is 0.195. The minimum Gasteiger partial charge on any atom is -0.464 e. The zero-order valence-electron chi connectivity index (χ0n) is 7.52. The average Bonchev–Trinajstić information content (AvgIpc) is 2.16. The monoisotopic (exact) mass is 183 g/mol. The van der Waals surface area contributed by atoms with E-state index in [2.05, 4.69) is 10.1 Å².